The zero-order valence-electron chi connectivity index (χ0n) is 9.04. The SMILES string of the molecule is CN(CCc1ccc(Cl)cc1Cl)C(=O)CN. The molecule has 0 aliphatic carbocycles. The van der Waals surface area contributed by atoms with Gasteiger partial charge < -0.3 is 10.6 Å². The van der Waals surface area contributed by atoms with Gasteiger partial charge in [0.2, 0.25) is 5.91 Å². The third-order valence-corrected chi connectivity index (χ3v) is 2.92. The van der Waals surface area contributed by atoms with Gasteiger partial charge >= 0.3 is 0 Å². The molecule has 0 bridgehead atoms. The summed E-state index contributed by atoms with van der Waals surface area (Å²) >= 11 is 11.8. The van der Waals surface area contributed by atoms with E-state index in [-0.39, 0.29) is 12.5 Å². The van der Waals surface area contributed by atoms with Gasteiger partial charge in [0.1, 0.15) is 0 Å². The number of nitrogens with two attached hydrogens (primary N) is 1. The molecule has 0 saturated heterocycles. The Morgan fingerprint density at radius 1 is 1.44 bits per heavy atom. The minimum absolute atomic E-state index is 0.0326. The van der Waals surface area contributed by atoms with Crippen molar-refractivity contribution in [3.8, 4) is 0 Å². The third kappa shape index (κ3) is 3.67. The average Bonchev–Trinajstić information content (AvgIpc) is 2.26. The summed E-state index contributed by atoms with van der Waals surface area (Å²) in [5.74, 6) is -0.0786. The number of carbonyl (C=O) groups is 1. The Bertz CT molecular complexity index is 382. The molecule has 1 amide bonds. The maximum atomic E-state index is 11.2. The van der Waals surface area contributed by atoms with Crippen molar-refractivity contribution in [3.63, 3.8) is 0 Å². The number of nitrogens with zero attached hydrogens (tertiary/aromatic N) is 1. The van der Waals surface area contributed by atoms with Crippen LogP contribution in [0.3, 0.4) is 0 Å². The first-order chi connectivity index (χ1) is 7.54. The van der Waals surface area contributed by atoms with Crippen LogP contribution in [0, 0.1) is 0 Å². The summed E-state index contributed by atoms with van der Waals surface area (Å²) in [6, 6.07) is 5.35. The Morgan fingerprint density at radius 2 is 2.12 bits per heavy atom. The fraction of sp³-hybridized carbons (Fsp3) is 0.364. The van der Waals surface area contributed by atoms with E-state index >= 15 is 0 Å². The van der Waals surface area contributed by atoms with Gasteiger partial charge in [0.15, 0.2) is 0 Å². The van der Waals surface area contributed by atoms with Crippen LogP contribution in [-0.4, -0.2) is 30.9 Å². The normalized spacial score (nSPS) is 10.2. The van der Waals surface area contributed by atoms with Gasteiger partial charge in [0, 0.05) is 23.6 Å². The maximum absolute atomic E-state index is 11.2. The number of benzene rings is 1. The van der Waals surface area contributed by atoms with Gasteiger partial charge in [-0.15, -0.1) is 0 Å². The summed E-state index contributed by atoms with van der Waals surface area (Å²) < 4.78 is 0. The van der Waals surface area contributed by atoms with Crippen molar-refractivity contribution in [2.45, 2.75) is 6.42 Å². The maximum Gasteiger partial charge on any atom is 0.236 e. The molecule has 0 radical (unpaired) electrons. The van der Waals surface area contributed by atoms with E-state index in [2.05, 4.69) is 0 Å². The Morgan fingerprint density at radius 3 is 2.69 bits per heavy atom. The number of hydrogen-bond acceptors (Lipinski definition) is 2. The highest BCUT2D eigenvalue weighted by molar-refractivity contribution is 6.35. The van der Waals surface area contributed by atoms with E-state index in [1.54, 1.807) is 24.1 Å². The summed E-state index contributed by atoms with van der Waals surface area (Å²) in [7, 11) is 1.72. The first-order valence-electron chi connectivity index (χ1n) is 4.92. The molecule has 0 atom stereocenters. The predicted octanol–water partition coefficient (Wildman–Crippen LogP) is 1.95. The average molecular weight is 261 g/mol. The lowest BCUT2D eigenvalue weighted by atomic mass is 10.1. The smallest absolute Gasteiger partial charge is 0.236 e. The lowest BCUT2D eigenvalue weighted by molar-refractivity contribution is -0.128. The van der Waals surface area contributed by atoms with Crippen LogP contribution in [0.2, 0.25) is 10.0 Å². The summed E-state index contributed by atoms with van der Waals surface area (Å²) in [6.45, 7) is 0.627. The fourth-order valence-corrected chi connectivity index (χ4v) is 1.80. The molecule has 88 valence electrons. The van der Waals surface area contributed by atoms with Gasteiger partial charge in [-0.1, -0.05) is 29.3 Å². The number of carbonyl (C=O) groups excluding carboxylic acids is 1. The summed E-state index contributed by atoms with van der Waals surface area (Å²) in [4.78, 5) is 12.8. The molecule has 0 heterocycles. The van der Waals surface area contributed by atoms with Crippen molar-refractivity contribution in [2.75, 3.05) is 20.1 Å². The third-order valence-electron chi connectivity index (χ3n) is 2.33. The minimum atomic E-state index is -0.0786. The summed E-state index contributed by atoms with van der Waals surface area (Å²) in [5.41, 5.74) is 6.23. The first-order valence-corrected chi connectivity index (χ1v) is 5.68. The monoisotopic (exact) mass is 260 g/mol. The van der Waals surface area contributed by atoms with Crippen molar-refractivity contribution in [1.82, 2.24) is 4.90 Å². The highest BCUT2D eigenvalue weighted by Crippen LogP contribution is 2.21. The standard InChI is InChI=1S/C11H14Cl2N2O/c1-15(11(16)7-14)5-4-8-2-3-9(12)6-10(8)13/h2-3,6H,4-5,7,14H2,1H3. The van der Waals surface area contributed by atoms with Crippen LogP contribution in [0.5, 0.6) is 0 Å². The van der Waals surface area contributed by atoms with Crippen LogP contribution in [0.4, 0.5) is 0 Å². The van der Waals surface area contributed by atoms with E-state index in [9.17, 15) is 4.79 Å². The number of rotatable bonds is 4. The van der Waals surface area contributed by atoms with Crippen molar-refractivity contribution >= 4 is 29.1 Å². The quantitative estimate of drug-likeness (QED) is 0.900. The zero-order chi connectivity index (χ0) is 12.1. The second-order valence-electron chi connectivity index (χ2n) is 3.51. The van der Waals surface area contributed by atoms with Gasteiger partial charge in [0.25, 0.3) is 0 Å². The van der Waals surface area contributed by atoms with E-state index in [4.69, 9.17) is 28.9 Å². The van der Waals surface area contributed by atoms with E-state index in [1.165, 1.54) is 0 Å². The molecule has 0 saturated carbocycles. The van der Waals surface area contributed by atoms with E-state index in [0.29, 0.717) is 23.0 Å². The van der Waals surface area contributed by atoms with Gasteiger partial charge in [-0.25, -0.2) is 0 Å². The van der Waals surface area contributed by atoms with Gasteiger partial charge in [0.05, 0.1) is 6.54 Å². The fourth-order valence-electron chi connectivity index (χ4n) is 1.29. The van der Waals surface area contributed by atoms with Crippen LogP contribution in [0.15, 0.2) is 18.2 Å². The Balaban J connectivity index is 2.58. The van der Waals surface area contributed by atoms with E-state index in [1.807, 2.05) is 6.07 Å². The highest BCUT2D eigenvalue weighted by atomic mass is 35.5. The topological polar surface area (TPSA) is 46.3 Å². The zero-order valence-corrected chi connectivity index (χ0v) is 10.6. The van der Waals surface area contributed by atoms with Gasteiger partial charge in [-0.2, -0.15) is 0 Å². The molecular weight excluding hydrogens is 247 g/mol. The predicted molar refractivity (Wildman–Crippen MR) is 66.9 cm³/mol. The largest absolute Gasteiger partial charge is 0.344 e. The van der Waals surface area contributed by atoms with Crippen molar-refractivity contribution in [1.29, 1.82) is 0 Å². The summed E-state index contributed by atoms with van der Waals surface area (Å²) in [6.07, 6.45) is 0.693. The van der Waals surface area contributed by atoms with Crippen molar-refractivity contribution in [2.24, 2.45) is 5.73 Å². The van der Waals surface area contributed by atoms with E-state index < -0.39 is 0 Å². The van der Waals surface area contributed by atoms with Crippen molar-refractivity contribution in [3.05, 3.63) is 33.8 Å². The molecule has 3 nitrogen and oxygen atoms in total. The molecule has 0 spiro atoms. The molecule has 1 rings (SSSR count). The molecule has 1 aromatic carbocycles. The van der Waals surface area contributed by atoms with Gasteiger partial charge in [-0.3, -0.25) is 4.79 Å². The first kappa shape index (κ1) is 13.3. The molecule has 1 aromatic rings. The number of halogens is 2. The highest BCUT2D eigenvalue weighted by Gasteiger charge is 2.07. The lowest BCUT2D eigenvalue weighted by Gasteiger charge is -2.16. The Labute approximate surface area is 105 Å². The minimum Gasteiger partial charge on any atom is -0.344 e. The summed E-state index contributed by atoms with van der Waals surface area (Å²) in [5, 5.41) is 1.24. The molecule has 0 unspecified atom stereocenters. The second kappa shape index (κ2) is 6.09. The van der Waals surface area contributed by atoms with Crippen molar-refractivity contribution < 1.29 is 4.79 Å². The van der Waals surface area contributed by atoms with Gasteiger partial charge in [-0.05, 0) is 24.1 Å². The van der Waals surface area contributed by atoms with Crippen LogP contribution < -0.4 is 5.73 Å². The molecule has 0 aliphatic rings. The Hall–Kier alpha value is -0.770. The number of likely N-dealkylation sites (N-methyl/N-ethyl adjacent to an activating group) is 1. The number of amides is 1. The lowest BCUT2D eigenvalue weighted by Crippen LogP contribution is -2.34. The molecule has 0 aromatic heterocycles. The molecule has 16 heavy (non-hydrogen) atoms. The molecular formula is C11H14Cl2N2O. The van der Waals surface area contributed by atoms with Crippen LogP contribution in [0.25, 0.3) is 0 Å². The van der Waals surface area contributed by atoms with Crippen LogP contribution in [0.1, 0.15) is 5.56 Å². The van der Waals surface area contributed by atoms with Crippen LogP contribution in [-0.2, 0) is 11.2 Å². The van der Waals surface area contributed by atoms with Crippen LogP contribution >= 0.6 is 23.2 Å². The number of hydrogen-bond donors (Lipinski definition) is 1. The molecule has 0 aliphatic heterocycles. The second-order valence-corrected chi connectivity index (χ2v) is 4.35. The Kier molecular flexibility index (Phi) is 5.06. The molecule has 2 N–H and O–H groups in total. The molecule has 5 heteroatoms. The van der Waals surface area contributed by atoms with E-state index in [0.717, 1.165) is 5.56 Å². The molecule has 0 fully saturated rings.